The third-order valence-corrected chi connectivity index (χ3v) is 2.18. The highest BCUT2D eigenvalue weighted by atomic mass is 127. The zero-order valence-electron chi connectivity index (χ0n) is 7.08. The van der Waals surface area contributed by atoms with Gasteiger partial charge >= 0.3 is 0 Å². The van der Waals surface area contributed by atoms with Gasteiger partial charge in [0, 0.05) is 22.6 Å². The molecule has 0 aliphatic carbocycles. The van der Waals surface area contributed by atoms with E-state index < -0.39 is 0 Å². The van der Waals surface area contributed by atoms with Gasteiger partial charge in [0.2, 0.25) is 5.89 Å². The third kappa shape index (κ3) is 2.09. The van der Waals surface area contributed by atoms with E-state index in [0.717, 1.165) is 0 Å². The molecule has 0 saturated carbocycles. The molecule has 14 heavy (non-hydrogen) atoms. The van der Waals surface area contributed by atoms with Gasteiger partial charge in [0.15, 0.2) is 0 Å². The van der Waals surface area contributed by atoms with Crippen LogP contribution in [0, 0.1) is 9.71 Å². The average molecular weight is 304 g/mol. The molecule has 2 rings (SSSR count). The Morgan fingerprint density at radius 2 is 2.07 bits per heavy atom. The Labute approximate surface area is 93.5 Å². The van der Waals surface area contributed by atoms with Crippen LogP contribution in [0.1, 0.15) is 11.5 Å². The highest BCUT2D eigenvalue weighted by molar-refractivity contribution is 14.1. The maximum absolute atomic E-state index is 13.2. The van der Waals surface area contributed by atoms with Crippen LogP contribution in [0.25, 0.3) is 0 Å². The average Bonchev–Trinajstić information content (AvgIpc) is 2.56. The van der Waals surface area contributed by atoms with Crippen LogP contribution < -0.4 is 0 Å². The van der Waals surface area contributed by atoms with Crippen molar-refractivity contribution in [1.82, 2.24) is 10.2 Å². The highest BCUT2D eigenvalue weighted by Crippen LogP contribution is 2.12. The lowest BCUT2D eigenvalue weighted by Crippen LogP contribution is -1.92. The van der Waals surface area contributed by atoms with Crippen LogP contribution in [0.3, 0.4) is 0 Å². The molecule has 1 heterocycles. The molecule has 0 aliphatic rings. The van der Waals surface area contributed by atoms with Gasteiger partial charge in [-0.25, -0.2) is 4.39 Å². The van der Waals surface area contributed by atoms with Crippen LogP contribution >= 0.6 is 22.6 Å². The molecule has 5 heteroatoms. The second kappa shape index (κ2) is 4.04. The topological polar surface area (TPSA) is 38.9 Å². The van der Waals surface area contributed by atoms with Gasteiger partial charge in [-0.3, -0.25) is 0 Å². The van der Waals surface area contributed by atoms with Crippen molar-refractivity contribution in [2.45, 2.75) is 6.42 Å². The van der Waals surface area contributed by atoms with Crippen LogP contribution in [-0.2, 0) is 6.42 Å². The summed E-state index contributed by atoms with van der Waals surface area (Å²) in [6.07, 6.45) is 0.336. The minimum atomic E-state index is -0.249. The van der Waals surface area contributed by atoms with Crippen LogP contribution in [0.4, 0.5) is 4.39 Å². The second-order valence-corrected chi connectivity index (χ2v) is 3.64. The van der Waals surface area contributed by atoms with Gasteiger partial charge in [0.1, 0.15) is 5.82 Å². The van der Waals surface area contributed by atoms with Crippen molar-refractivity contribution in [3.05, 3.63) is 45.4 Å². The van der Waals surface area contributed by atoms with Crippen molar-refractivity contribution in [2.24, 2.45) is 0 Å². The molecule has 0 atom stereocenters. The molecular formula is C9H6FIN2O. The van der Waals surface area contributed by atoms with E-state index in [1.165, 1.54) is 6.07 Å². The third-order valence-electron chi connectivity index (χ3n) is 1.74. The number of hydrogen-bond acceptors (Lipinski definition) is 3. The molecule has 0 fully saturated rings. The quantitative estimate of drug-likeness (QED) is 0.800. The van der Waals surface area contributed by atoms with Gasteiger partial charge < -0.3 is 4.42 Å². The Bertz CT molecular complexity index is 444. The Morgan fingerprint density at radius 3 is 2.71 bits per heavy atom. The smallest absolute Gasteiger partial charge is 0.278 e. The van der Waals surface area contributed by atoms with Gasteiger partial charge in [-0.2, -0.15) is 0 Å². The van der Waals surface area contributed by atoms with Gasteiger partial charge in [0.05, 0.1) is 6.42 Å². The minimum absolute atomic E-state index is 0.249. The molecule has 72 valence electrons. The number of halogens is 2. The van der Waals surface area contributed by atoms with Crippen LogP contribution in [-0.4, -0.2) is 10.2 Å². The molecule has 3 nitrogen and oxygen atoms in total. The first kappa shape index (κ1) is 9.57. The molecule has 0 bridgehead atoms. The SMILES string of the molecule is Fc1ccccc1Cc1nnc(I)o1. The maximum atomic E-state index is 13.2. The number of rotatable bonds is 2. The largest absolute Gasteiger partial charge is 0.416 e. The normalized spacial score (nSPS) is 10.4. The first-order chi connectivity index (χ1) is 6.75. The summed E-state index contributed by atoms with van der Waals surface area (Å²) in [6.45, 7) is 0. The Morgan fingerprint density at radius 1 is 1.29 bits per heavy atom. The first-order valence-corrected chi connectivity index (χ1v) is 5.05. The molecular weight excluding hydrogens is 298 g/mol. The fourth-order valence-corrected chi connectivity index (χ4v) is 1.47. The van der Waals surface area contributed by atoms with E-state index in [9.17, 15) is 4.39 Å². The second-order valence-electron chi connectivity index (χ2n) is 2.72. The van der Waals surface area contributed by atoms with Crippen molar-refractivity contribution in [1.29, 1.82) is 0 Å². The van der Waals surface area contributed by atoms with E-state index in [1.54, 1.807) is 18.2 Å². The maximum Gasteiger partial charge on any atom is 0.278 e. The molecule has 0 amide bonds. The van der Waals surface area contributed by atoms with E-state index in [1.807, 2.05) is 22.6 Å². The van der Waals surface area contributed by atoms with Crippen molar-refractivity contribution in [3.63, 3.8) is 0 Å². The highest BCUT2D eigenvalue weighted by Gasteiger charge is 2.07. The molecule has 0 unspecified atom stereocenters. The fraction of sp³-hybridized carbons (Fsp3) is 0.111. The van der Waals surface area contributed by atoms with Gasteiger partial charge in [-0.1, -0.05) is 18.2 Å². The first-order valence-electron chi connectivity index (χ1n) is 3.97. The molecule has 0 spiro atoms. The van der Waals surface area contributed by atoms with Gasteiger partial charge in [-0.15, -0.1) is 10.2 Å². The molecule has 0 aliphatic heterocycles. The lowest BCUT2D eigenvalue weighted by Gasteiger charge is -1.97. The Balaban J connectivity index is 2.23. The van der Waals surface area contributed by atoms with E-state index in [0.29, 0.717) is 21.8 Å². The van der Waals surface area contributed by atoms with Crippen LogP contribution in [0.5, 0.6) is 0 Å². The van der Waals surface area contributed by atoms with E-state index in [2.05, 4.69) is 10.2 Å². The van der Waals surface area contributed by atoms with Crippen molar-refractivity contribution in [2.75, 3.05) is 0 Å². The summed E-state index contributed by atoms with van der Waals surface area (Å²) in [7, 11) is 0. The number of aromatic nitrogens is 2. The lowest BCUT2D eigenvalue weighted by molar-refractivity contribution is 0.475. The summed E-state index contributed by atoms with van der Waals surface area (Å²) in [5.41, 5.74) is 0.563. The zero-order chi connectivity index (χ0) is 9.97. The van der Waals surface area contributed by atoms with Crippen molar-refractivity contribution < 1.29 is 8.81 Å². The van der Waals surface area contributed by atoms with Gasteiger partial charge in [-0.05, 0) is 11.6 Å². The van der Waals surface area contributed by atoms with Gasteiger partial charge in [0.25, 0.3) is 3.90 Å². The standard InChI is InChI=1S/C9H6FIN2O/c10-7-4-2-1-3-6(7)5-8-12-13-9(11)14-8/h1-4H,5H2. The van der Waals surface area contributed by atoms with E-state index >= 15 is 0 Å². The predicted octanol–water partition coefficient (Wildman–Crippen LogP) is 2.40. The lowest BCUT2D eigenvalue weighted by atomic mass is 10.1. The zero-order valence-corrected chi connectivity index (χ0v) is 9.23. The minimum Gasteiger partial charge on any atom is -0.416 e. The van der Waals surface area contributed by atoms with Crippen molar-refractivity contribution >= 4 is 22.6 Å². The van der Waals surface area contributed by atoms with Crippen molar-refractivity contribution in [3.8, 4) is 0 Å². The number of benzene rings is 1. The molecule has 2 aromatic rings. The monoisotopic (exact) mass is 304 g/mol. The fourth-order valence-electron chi connectivity index (χ4n) is 1.11. The summed E-state index contributed by atoms with van der Waals surface area (Å²) in [4.78, 5) is 0. The summed E-state index contributed by atoms with van der Waals surface area (Å²) >= 11 is 1.92. The number of hydrogen-bond donors (Lipinski definition) is 0. The van der Waals surface area contributed by atoms with Crippen LogP contribution in [0.2, 0.25) is 0 Å². The summed E-state index contributed by atoms with van der Waals surface area (Å²) in [5, 5.41) is 7.45. The summed E-state index contributed by atoms with van der Waals surface area (Å²) in [6, 6.07) is 6.54. The van der Waals surface area contributed by atoms with E-state index in [-0.39, 0.29) is 5.82 Å². The Kier molecular flexibility index (Phi) is 2.76. The Hall–Kier alpha value is -0.980. The summed E-state index contributed by atoms with van der Waals surface area (Å²) < 4.78 is 18.8. The predicted molar refractivity (Wildman–Crippen MR) is 56.2 cm³/mol. The van der Waals surface area contributed by atoms with Crippen LogP contribution in [0.15, 0.2) is 28.7 Å². The molecule has 0 radical (unpaired) electrons. The summed E-state index contributed by atoms with van der Waals surface area (Å²) in [5.74, 6) is 0.181. The molecule has 1 aromatic heterocycles. The molecule has 0 N–H and O–H groups in total. The van der Waals surface area contributed by atoms with E-state index in [4.69, 9.17) is 4.42 Å². The number of nitrogens with zero attached hydrogens (tertiary/aromatic N) is 2. The molecule has 0 saturated heterocycles. The molecule has 1 aromatic carbocycles.